The fraction of sp³-hybridized carbons (Fsp3) is 0.576. The molecule has 1 saturated carbocycles. The number of ketones is 1. The topological polar surface area (TPSA) is 118 Å². The van der Waals surface area contributed by atoms with Crippen molar-refractivity contribution < 1.29 is 45.5 Å². The Morgan fingerprint density at radius 2 is 1.74 bits per heavy atom. The zero-order valence-corrected chi connectivity index (χ0v) is 27.1. The number of rotatable bonds is 10. The van der Waals surface area contributed by atoms with Gasteiger partial charge in [0.1, 0.15) is 12.6 Å². The van der Waals surface area contributed by atoms with Gasteiger partial charge in [-0.1, -0.05) is 0 Å². The molecule has 1 aromatic carbocycles. The van der Waals surface area contributed by atoms with Gasteiger partial charge in [-0.25, -0.2) is 0 Å². The first-order valence-corrected chi connectivity index (χ1v) is 15.1. The van der Waals surface area contributed by atoms with Gasteiger partial charge in [0.15, 0.2) is 11.9 Å². The predicted molar refractivity (Wildman–Crippen MR) is 160 cm³/mol. The summed E-state index contributed by atoms with van der Waals surface area (Å²) in [6.45, 7) is 5.92. The van der Waals surface area contributed by atoms with E-state index in [0.717, 1.165) is 72.3 Å². The zero-order chi connectivity index (χ0) is 30.8. The molecule has 10 heteroatoms. The molecule has 2 N–H and O–H groups in total. The van der Waals surface area contributed by atoms with Gasteiger partial charge < -0.3 is 36.7 Å². The molecule has 0 spiro atoms. The average Bonchev–Trinajstić information content (AvgIpc) is 3.14. The second kappa shape index (κ2) is 14.1. The molecule has 1 aromatic heterocycles. The van der Waals surface area contributed by atoms with Gasteiger partial charge in [-0.3, -0.25) is 19.2 Å². The first-order valence-electron chi connectivity index (χ1n) is 15.1. The standard InChI is InChI=1S/C33H45N3O6.ClH/c1-20-21(2)35(29-8-7-9-30(38)32(20)29)25-12-15-28(33(34)40)24(17-25)16-23-10-13-26(14-11-23)42-31(39)18-27(41-22(3)37)19-36(4,5)6;/h12,15,17,23,26-27H,7-11,13-14,16,18-19H2,1-6H3,(H-,34,40);1H. The van der Waals surface area contributed by atoms with Crippen LogP contribution in [0.15, 0.2) is 18.2 Å². The highest BCUT2D eigenvalue weighted by Gasteiger charge is 2.30. The lowest BCUT2D eigenvalue weighted by Gasteiger charge is -2.30. The minimum atomic E-state index is -0.526. The smallest absolute Gasteiger partial charge is 0.310 e. The molecule has 0 bridgehead atoms. The number of hydrogen-bond acceptors (Lipinski definition) is 6. The molecule has 1 atom stereocenters. The van der Waals surface area contributed by atoms with E-state index in [4.69, 9.17) is 15.2 Å². The molecule has 2 aromatic rings. The zero-order valence-electron chi connectivity index (χ0n) is 26.3. The normalized spacial score (nSPS) is 19.2. The van der Waals surface area contributed by atoms with Crippen LogP contribution in [0.3, 0.4) is 0 Å². The number of nitrogens with zero attached hydrogens (tertiary/aromatic N) is 2. The Morgan fingerprint density at radius 3 is 2.35 bits per heavy atom. The SMILES string of the molecule is CC(=O)OC(CC(=O)OC1CCC(Cc2cc(-n3c(C)c(C)c4c3CCCC4=O)ccc2C(N)=O)CC1)C[N+](C)(C)C.[Cl-]. The summed E-state index contributed by atoms with van der Waals surface area (Å²) in [4.78, 5) is 49.3. The molecule has 0 aliphatic heterocycles. The van der Waals surface area contributed by atoms with Crippen LogP contribution >= 0.6 is 0 Å². The van der Waals surface area contributed by atoms with E-state index in [-0.39, 0.29) is 36.7 Å². The number of halogens is 1. The minimum Gasteiger partial charge on any atom is -1.00 e. The highest BCUT2D eigenvalue weighted by Crippen LogP contribution is 2.34. The van der Waals surface area contributed by atoms with Gasteiger partial charge in [-0.05, 0) is 94.0 Å². The van der Waals surface area contributed by atoms with Gasteiger partial charge in [-0.15, -0.1) is 0 Å². The van der Waals surface area contributed by atoms with Gasteiger partial charge in [0.2, 0.25) is 5.91 Å². The third-order valence-corrected chi connectivity index (χ3v) is 8.60. The molecule has 9 nitrogen and oxygen atoms in total. The maximum atomic E-state index is 12.7. The molecule has 0 saturated heterocycles. The van der Waals surface area contributed by atoms with Crippen molar-refractivity contribution in [3.8, 4) is 5.69 Å². The van der Waals surface area contributed by atoms with Crippen molar-refractivity contribution in [3.63, 3.8) is 0 Å². The molecule has 1 heterocycles. The fourth-order valence-electron chi connectivity index (χ4n) is 6.68. The Labute approximate surface area is 261 Å². The van der Waals surface area contributed by atoms with Gasteiger partial charge >= 0.3 is 11.9 Å². The number of nitrogens with two attached hydrogens (primary N) is 1. The molecule has 1 fully saturated rings. The number of primary amides is 1. The van der Waals surface area contributed by atoms with Gasteiger partial charge in [0, 0.05) is 41.5 Å². The Kier molecular flexibility index (Phi) is 11.2. The summed E-state index contributed by atoms with van der Waals surface area (Å²) in [5.74, 6) is -0.675. The van der Waals surface area contributed by atoms with Crippen LogP contribution in [0.1, 0.15) is 95.1 Å². The summed E-state index contributed by atoms with van der Waals surface area (Å²) in [6.07, 6.45) is 5.51. The monoisotopic (exact) mass is 615 g/mol. The number of likely N-dealkylation sites (N-methyl/N-ethyl adjacent to an activating group) is 1. The predicted octanol–water partition coefficient (Wildman–Crippen LogP) is 1.39. The minimum absolute atomic E-state index is 0. The number of esters is 2. The van der Waals surface area contributed by atoms with E-state index in [1.807, 2.05) is 47.1 Å². The number of benzene rings is 1. The first kappa shape index (κ1) is 34.3. The van der Waals surface area contributed by atoms with E-state index >= 15 is 0 Å². The van der Waals surface area contributed by atoms with E-state index in [1.54, 1.807) is 0 Å². The number of carbonyl (C=O) groups is 4. The fourth-order valence-corrected chi connectivity index (χ4v) is 6.68. The van der Waals surface area contributed by atoms with Crippen LogP contribution in [0, 0.1) is 19.8 Å². The first-order chi connectivity index (χ1) is 19.7. The van der Waals surface area contributed by atoms with Crippen LogP contribution in [0.5, 0.6) is 0 Å². The average molecular weight is 616 g/mol. The lowest BCUT2D eigenvalue weighted by Crippen LogP contribution is -3.00. The number of carbonyl (C=O) groups excluding carboxylic acids is 4. The van der Waals surface area contributed by atoms with Crippen LogP contribution in [-0.2, 0) is 31.9 Å². The highest BCUT2D eigenvalue weighted by atomic mass is 35.5. The molecule has 4 rings (SSSR count). The van der Waals surface area contributed by atoms with Crippen molar-refractivity contribution in [2.75, 3.05) is 27.7 Å². The van der Waals surface area contributed by atoms with E-state index in [0.29, 0.717) is 35.4 Å². The number of aromatic nitrogens is 1. The summed E-state index contributed by atoms with van der Waals surface area (Å²) in [5.41, 5.74) is 12.1. The Hall–Kier alpha value is -3.17. The molecular formula is C33H46ClN3O6. The van der Waals surface area contributed by atoms with Crippen LogP contribution in [0.4, 0.5) is 0 Å². The largest absolute Gasteiger partial charge is 1.00 e. The molecule has 1 amide bonds. The molecule has 1 unspecified atom stereocenters. The number of amides is 1. The Morgan fingerprint density at radius 1 is 1.07 bits per heavy atom. The summed E-state index contributed by atoms with van der Waals surface area (Å²) in [7, 11) is 5.95. The van der Waals surface area contributed by atoms with Crippen LogP contribution < -0.4 is 18.1 Å². The summed E-state index contributed by atoms with van der Waals surface area (Å²) >= 11 is 0. The molecule has 2 aliphatic carbocycles. The van der Waals surface area contributed by atoms with E-state index in [1.165, 1.54) is 6.92 Å². The van der Waals surface area contributed by atoms with E-state index < -0.39 is 18.0 Å². The van der Waals surface area contributed by atoms with E-state index in [9.17, 15) is 19.2 Å². The third-order valence-electron chi connectivity index (χ3n) is 8.60. The van der Waals surface area contributed by atoms with Crippen molar-refractivity contribution in [2.45, 2.75) is 90.8 Å². The van der Waals surface area contributed by atoms with Crippen LogP contribution in [0.25, 0.3) is 5.69 Å². The van der Waals surface area contributed by atoms with Gasteiger partial charge in [0.25, 0.3) is 0 Å². The second-order valence-corrected chi connectivity index (χ2v) is 13.1. The van der Waals surface area contributed by atoms with Crippen molar-refractivity contribution in [1.82, 2.24) is 4.57 Å². The molecular weight excluding hydrogens is 570 g/mol. The number of Topliss-reactive ketones (excluding diaryl/α,β-unsaturated/α-hetero) is 1. The maximum absolute atomic E-state index is 12.7. The number of hydrogen-bond donors (Lipinski definition) is 1. The van der Waals surface area contributed by atoms with Gasteiger partial charge in [-0.2, -0.15) is 0 Å². The van der Waals surface area contributed by atoms with Gasteiger partial charge in [0.05, 0.1) is 27.6 Å². The molecule has 2 aliphatic rings. The number of quaternary nitrogens is 1. The van der Waals surface area contributed by atoms with Crippen molar-refractivity contribution in [1.29, 1.82) is 0 Å². The van der Waals surface area contributed by atoms with E-state index in [2.05, 4.69) is 10.6 Å². The van der Waals surface area contributed by atoms with Crippen LogP contribution in [0.2, 0.25) is 0 Å². The Bertz CT molecular complexity index is 1370. The third kappa shape index (κ3) is 8.48. The second-order valence-electron chi connectivity index (χ2n) is 13.1. The summed E-state index contributed by atoms with van der Waals surface area (Å²) < 4.78 is 13.9. The van der Waals surface area contributed by atoms with Crippen molar-refractivity contribution in [3.05, 3.63) is 51.8 Å². The Balaban J connectivity index is 0.00000506. The van der Waals surface area contributed by atoms with Crippen LogP contribution in [-0.4, -0.2) is 72.6 Å². The summed E-state index contributed by atoms with van der Waals surface area (Å²) in [6, 6.07) is 5.79. The lowest BCUT2D eigenvalue weighted by molar-refractivity contribution is -0.873. The molecule has 0 radical (unpaired) electrons. The highest BCUT2D eigenvalue weighted by molar-refractivity contribution is 6.00. The maximum Gasteiger partial charge on any atom is 0.310 e. The number of ether oxygens (including phenoxy) is 2. The van der Waals surface area contributed by atoms with Crippen molar-refractivity contribution in [2.24, 2.45) is 11.7 Å². The quantitative estimate of drug-likeness (QED) is 0.319. The van der Waals surface area contributed by atoms with Crippen molar-refractivity contribution >= 4 is 23.6 Å². The number of fused-ring (bicyclic) bond motifs is 1. The molecule has 43 heavy (non-hydrogen) atoms. The lowest BCUT2D eigenvalue weighted by atomic mass is 9.82. The molecule has 236 valence electrons. The summed E-state index contributed by atoms with van der Waals surface area (Å²) in [5, 5.41) is 0.